The minimum absolute atomic E-state index is 0.143. The zero-order valence-electron chi connectivity index (χ0n) is 8.41. The normalized spacial score (nSPS) is 14.2. The maximum atomic E-state index is 10.2. The Morgan fingerprint density at radius 2 is 1.73 bits per heavy atom. The second kappa shape index (κ2) is 6.43. The van der Waals surface area contributed by atoms with Gasteiger partial charge in [-0.2, -0.15) is 0 Å². The number of carbonyl (C=O) groups is 1. The molecule has 0 atom stereocenters. The molecule has 0 radical (unpaired) electrons. The van der Waals surface area contributed by atoms with Gasteiger partial charge in [-0.1, -0.05) is 23.7 Å². The summed E-state index contributed by atoms with van der Waals surface area (Å²) in [7, 11) is 0. The largest absolute Gasteiger partial charge is 0.545 e. The maximum Gasteiger partial charge on any atom is 0.0757 e. The number of carbonyl (C=O) groups excluding carboxylic acids is 1. The molecule has 0 bridgehead atoms. The lowest BCUT2D eigenvalue weighted by atomic mass is 10.2. The van der Waals surface area contributed by atoms with Crippen molar-refractivity contribution in [2.24, 2.45) is 0 Å². The Morgan fingerprint density at radius 1 is 1.20 bits per heavy atom. The van der Waals surface area contributed by atoms with Gasteiger partial charge in [0.1, 0.15) is 0 Å². The topological polar surface area (TPSA) is 56.7 Å². The van der Waals surface area contributed by atoms with Crippen LogP contribution >= 0.6 is 11.6 Å². The van der Waals surface area contributed by atoms with Gasteiger partial charge in [0.05, 0.1) is 19.1 Å². The molecule has 15 heavy (non-hydrogen) atoms. The Bertz CT molecular complexity index is 299. The second-order valence-corrected chi connectivity index (χ2v) is 3.80. The third-order valence-electron chi connectivity index (χ3n) is 2.15. The molecular formula is C11H14ClNO2. The van der Waals surface area contributed by atoms with Crippen LogP contribution in [0.15, 0.2) is 24.3 Å². The second-order valence-electron chi connectivity index (χ2n) is 3.37. The van der Waals surface area contributed by atoms with E-state index in [-0.39, 0.29) is 5.56 Å². The number of quaternary nitrogens is 1. The summed E-state index contributed by atoms with van der Waals surface area (Å²) in [6, 6.07) is 5.81. The van der Waals surface area contributed by atoms with E-state index in [1.165, 1.54) is 50.2 Å². The third kappa shape index (κ3) is 4.81. The number of benzene rings is 1. The van der Waals surface area contributed by atoms with E-state index >= 15 is 0 Å². The van der Waals surface area contributed by atoms with Crippen LogP contribution in [0.1, 0.15) is 23.2 Å². The number of carboxylic acid groups (broad SMARTS) is 1. The summed E-state index contributed by atoms with van der Waals surface area (Å²) < 4.78 is 0. The lowest BCUT2D eigenvalue weighted by Gasteiger charge is -1.99. The first-order chi connectivity index (χ1) is 7.20. The van der Waals surface area contributed by atoms with E-state index in [9.17, 15) is 9.90 Å². The van der Waals surface area contributed by atoms with Crippen molar-refractivity contribution in [3.63, 3.8) is 0 Å². The van der Waals surface area contributed by atoms with Gasteiger partial charge in [0.2, 0.25) is 0 Å². The predicted octanol–water partition coefficient (Wildman–Crippen LogP) is 0.0471. The molecule has 0 spiro atoms. The van der Waals surface area contributed by atoms with Crippen LogP contribution in [0.3, 0.4) is 0 Å². The smallest absolute Gasteiger partial charge is 0.0757 e. The molecule has 1 heterocycles. The fourth-order valence-corrected chi connectivity index (χ4v) is 1.43. The maximum absolute atomic E-state index is 10.2. The highest BCUT2D eigenvalue weighted by Crippen LogP contribution is 2.08. The van der Waals surface area contributed by atoms with Crippen molar-refractivity contribution >= 4 is 17.6 Å². The number of hydrogen-bond acceptors (Lipinski definition) is 2. The van der Waals surface area contributed by atoms with Crippen LogP contribution < -0.4 is 10.4 Å². The van der Waals surface area contributed by atoms with Gasteiger partial charge in [-0.05, 0) is 17.7 Å². The van der Waals surface area contributed by atoms with Crippen molar-refractivity contribution in [3.8, 4) is 0 Å². The summed E-state index contributed by atoms with van der Waals surface area (Å²) in [5.41, 5.74) is 0.143. The van der Waals surface area contributed by atoms with Gasteiger partial charge < -0.3 is 15.2 Å². The fourth-order valence-electron chi connectivity index (χ4n) is 1.31. The average molecular weight is 228 g/mol. The summed E-state index contributed by atoms with van der Waals surface area (Å²) in [4.78, 5) is 10.2. The first-order valence-electron chi connectivity index (χ1n) is 4.99. The Hall–Kier alpha value is -1.06. The van der Waals surface area contributed by atoms with Gasteiger partial charge in [0.15, 0.2) is 0 Å². The van der Waals surface area contributed by atoms with Gasteiger partial charge in [0, 0.05) is 17.9 Å². The molecule has 1 aromatic carbocycles. The van der Waals surface area contributed by atoms with Crippen molar-refractivity contribution in [2.45, 2.75) is 12.8 Å². The molecule has 2 rings (SSSR count). The van der Waals surface area contributed by atoms with E-state index in [1.54, 1.807) is 0 Å². The molecule has 0 aliphatic carbocycles. The van der Waals surface area contributed by atoms with E-state index < -0.39 is 5.97 Å². The summed E-state index contributed by atoms with van der Waals surface area (Å²) >= 11 is 5.50. The number of aromatic carboxylic acids is 1. The van der Waals surface area contributed by atoms with E-state index in [1.807, 2.05) is 0 Å². The molecule has 1 aliphatic heterocycles. The van der Waals surface area contributed by atoms with Gasteiger partial charge in [-0.25, -0.2) is 0 Å². The first kappa shape index (κ1) is 12.0. The van der Waals surface area contributed by atoms with Crippen molar-refractivity contribution in [3.05, 3.63) is 34.9 Å². The molecule has 3 nitrogen and oxygen atoms in total. The number of nitrogens with two attached hydrogens (primary N) is 1. The van der Waals surface area contributed by atoms with E-state index in [0.29, 0.717) is 5.02 Å². The molecule has 0 saturated carbocycles. The molecule has 0 amide bonds. The standard InChI is InChI=1S/C7H5ClO2.C4H9N/c8-6-3-1-5(2-4-6)7(9)10;1-2-4-5-3-1/h1-4H,(H,9,10);5H,1-4H2. The number of hydrogen-bond donors (Lipinski definition) is 1. The highest BCUT2D eigenvalue weighted by Gasteiger charge is 1.97. The van der Waals surface area contributed by atoms with Crippen molar-refractivity contribution in [2.75, 3.05) is 13.1 Å². The molecule has 1 saturated heterocycles. The van der Waals surface area contributed by atoms with Crippen LogP contribution in [0.5, 0.6) is 0 Å². The van der Waals surface area contributed by atoms with Crippen molar-refractivity contribution < 1.29 is 15.2 Å². The van der Waals surface area contributed by atoms with Crippen LogP contribution in [0.2, 0.25) is 5.02 Å². The van der Waals surface area contributed by atoms with E-state index in [0.717, 1.165) is 0 Å². The van der Waals surface area contributed by atoms with Crippen molar-refractivity contribution in [1.29, 1.82) is 0 Å². The Kier molecular flexibility index (Phi) is 5.15. The third-order valence-corrected chi connectivity index (χ3v) is 2.40. The SMILES string of the molecule is C1CC[NH2+]C1.O=C([O-])c1ccc(Cl)cc1. The predicted molar refractivity (Wildman–Crippen MR) is 56.7 cm³/mol. The molecule has 82 valence electrons. The summed E-state index contributed by atoms with van der Waals surface area (Å²) in [6.45, 7) is 2.75. The fraction of sp³-hybridized carbons (Fsp3) is 0.364. The molecule has 1 aliphatic rings. The lowest BCUT2D eigenvalue weighted by molar-refractivity contribution is -0.635. The van der Waals surface area contributed by atoms with Crippen LogP contribution in [-0.4, -0.2) is 19.1 Å². The van der Waals surface area contributed by atoms with Crippen LogP contribution in [-0.2, 0) is 0 Å². The average Bonchev–Trinajstić information content (AvgIpc) is 2.76. The zero-order valence-corrected chi connectivity index (χ0v) is 9.17. The minimum Gasteiger partial charge on any atom is -0.545 e. The molecule has 1 aromatic rings. The van der Waals surface area contributed by atoms with Gasteiger partial charge in [-0.3, -0.25) is 0 Å². The molecule has 0 aromatic heterocycles. The Morgan fingerprint density at radius 3 is 2.07 bits per heavy atom. The first-order valence-corrected chi connectivity index (χ1v) is 5.36. The Balaban J connectivity index is 0.000000187. The zero-order chi connectivity index (χ0) is 11.1. The molecule has 2 N–H and O–H groups in total. The summed E-state index contributed by atoms with van der Waals surface area (Å²) in [5.74, 6) is -1.18. The Labute approximate surface area is 94.1 Å². The molecule has 4 heteroatoms. The quantitative estimate of drug-likeness (QED) is 0.737. The number of rotatable bonds is 1. The van der Waals surface area contributed by atoms with Crippen LogP contribution in [0.4, 0.5) is 0 Å². The number of carboxylic acids is 1. The monoisotopic (exact) mass is 227 g/mol. The van der Waals surface area contributed by atoms with Crippen LogP contribution in [0.25, 0.3) is 0 Å². The van der Waals surface area contributed by atoms with Gasteiger partial charge >= 0.3 is 0 Å². The van der Waals surface area contributed by atoms with E-state index in [2.05, 4.69) is 5.32 Å². The van der Waals surface area contributed by atoms with Crippen molar-refractivity contribution in [1.82, 2.24) is 0 Å². The van der Waals surface area contributed by atoms with E-state index in [4.69, 9.17) is 11.6 Å². The lowest BCUT2D eigenvalue weighted by Crippen LogP contribution is -2.80. The highest BCUT2D eigenvalue weighted by atomic mass is 35.5. The summed E-state index contributed by atoms with van der Waals surface area (Å²) in [5, 5.41) is 13.0. The highest BCUT2D eigenvalue weighted by molar-refractivity contribution is 6.30. The van der Waals surface area contributed by atoms with Crippen LogP contribution in [0, 0.1) is 0 Å². The number of halogens is 1. The minimum atomic E-state index is -1.18. The summed E-state index contributed by atoms with van der Waals surface area (Å²) in [6.07, 6.45) is 2.89. The molecule has 1 fully saturated rings. The molecule has 0 unspecified atom stereocenters. The molecular weight excluding hydrogens is 214 g/mol. The van der Waals surface area contributed by atoms with Gasteiger partial charge in [0.25, 0.3) is 0 Å². The van der Waals surface area contributed by atoms with Gasteiger partial charge in [-0.15, -0.1) is 0 Å².